The molecule has 0 aliphatic rings. The van der Waals surface area contributed by atoms with Crippen molar-refractivity contribution in [1.29, 1.82) is 0 Å². The van der Waals surface area contributed by atoms with Crippen LogP contribution in [0.1, 0.15) is 162 Å². The largest absolute Gasteiger partial charge is 0.462 e. The lowest BCUT2D eigenvalue weighted by atomic mass is 10.1. The molecule has 6 nitrogen and oxygen atoms in total. The summed E-state index contributed by atoms with van der Waals surface area (Å²) in [5.41, 5.74) is 0. The summed E-state index contributed by atoms with van der Waals surface area (Å²) < 4.78 is 16.3. The van der Waals surface area contributed by atoms with Gasteiger partial charge in [0.1, 0.15) is 13.2 Å². The van der Waals surface area contributed by atoms with Crippen molar-refractivity contribution in [2.24, 2.45) is 0 Å². The van der Waals surface area contributed by atoms with Gasteiger partial charge in [0.25, 0.3) is 0 Å². The number of unbranched alkanes of at least 4 members (excludes halogenated alkanes) is 13. The summed E-state index contributed by atoms with van der Waals surface area (Å²) in [6, 6.07) is 0. The number of ether oxygens (including phenoxy) is 3. The minimum Gasteiger partial charge on any atom is -0.462 e. The van der Waals surface area contributed by atoms with Gasteiger partial charge >= 0.3 is 17.9 Å². The fraction of sp³-hybridized carbons (Fsp3) is 0.757. The average molecular weight is 605 g/mol. The second kappa shape index (κ2) is 32.5. The topological polar surface area (TPSA) is 78.9 Å². The van der Waals surface area contributed by atoms with Gasteiger partial charge in [-0.05, 0) is 51.4 Å². The van der Waals surface area contributed by atoms with Crippen molar-refractivity contribution >= 4 is 17.9 Å². The van der Waals surface area contributed by atoms with Gasteiger partial charge < -0.3 is 14.2 Å². The van der Waals surface area contributed by atoms with Crippen LogP contribution in [0.3, 0.4) is 0 Å². The zero-order valence-corrected chi connectivity index (χ0v) is 28.0. The molecule has 0 aromatic carbocycles. The molecular weight excluding hydrogens is 540 g/mol. The van der Waals surface area contributed by atoms with E-state index in [4.69, 9.17) is 14.2 Å². The quantitative estimate of drug-likeness (QED) is 0.0351. The number of rotatable bonds is 30. The van der Waals surface area contributed by atoms with Gasteiger partial charge in [-0.25, -0.2) is 0 Å². The normalized spacial score (nSPS) is 12.3. The monoisotopic (exact) mass is 604 g/mol. The Balaban J connectivity index is 4.46. The third-order valence-electron chi connectivity index (χ3n) is 7.11. The Hall–Kier alpha value is -2.37. The van der Waals surface area contributed by atoms with E-state index in [1.807, 2.05) is 18.2 Å². The first kappa shape index (κ1) is 40.6. The number of carbonyl (C=O) groups excluding carboxylic acids is 3. The summed E-state index contributed by atoms with van der Waals surface area (Å²) in [5, 5.41) is 0. The van der Waals surface area contributed by atoms with Crippen molar-refractivity contribution in [3.63, 3.8) is 0 Å². The van der Waals surface area contributed by atoms with Crippen LogP contribution in [0.2, 0.25) is 0 Å². The number of hydrogen-bond acceptors (Lipinski definition) is 6. The first-order valence-corrected chi connectivity index (χ1v) is 17.5. The molecule has 0 aliphatic carbocycles. The summed E-state index contributed by atoms with van der Waals surface area (Å²) in [7, 11) is 0. The van der Waals surface area contributed by atoms with Crippen molar-refractivity contribution in [3.05, 3.63) is 36.5 Å². The van der Waals surface area contributed by atoms with Crippen molar-refractivity contribution in [2.75, 3.05) is 13.2 Å². The number of allylic oxidation sites excluding steroid dienone is 6. The number of esters is 3. The molecule has 0 saturated carbocycles. The van der Waals surface area contributed by atoms with Crippen molar-refractivity contribution in [3.8, 4) is 0 Å². The zero-order valence-electron chi connectivity index (χ0n) is 28.0. The molecule has 0 radical (unpaired) electrons. The summed E-state index contributed by atoms with van der Waals surface area (Å²) in [5.74, 6) is -1.10. The average Bonchev–Trinajstić information content (AvgIpc) is 3.00. The molecule has 0 aromatic rings. The SMILES string of the molecule is CCCC=CCCC(=O)OCC(COC(=O)CC/C=C\CCCCCCCC)OC(=O)CCC=CCCCCCCCC. The van der Waals surface area contributed by atoms with E-state index < -0.39 is 6.10 Å². The Bertz CT molecular complexity index is 754. The highest BCUT2D eigenvalue weighted by atomic mass is 16.6. The molecule has 43 heavy (non-hydrogen) atoms. The Morgan fingerprint density at radius 2 is 0.814 bits per heavy atom. The Morgan fingerprint density at radius 1 is 0.442 bits per heavy atom. The van der Waals surface area contributed by atoms with Gasteiger partial charge in [-0.15, -0.1) is 0 Å². The molecule has 0 spiro atoms. The first-order valence-electron chi connectivity index (χ1n) is 17.5. The van der Waals surface area contributed by atoms with E-state index in [0.717, 1.165) is 25.7 Å². The smallest absolute Gasteiger partial charge is 0.306 e. The summed E-state index contributed by atoms with van der Waals surface area (Å²) in [6.45, 7) is 6.31. The van der Waals surface area contributed by atoms with Gasteiger partial charge in [-0.1, -0.05) is 128 Å². The molecule has 0 heterocycles. The third-order valence-corrected chi connectivity index (χ3v) is 7.11. The molecule has 0 aliphatic heterocycles. The number of carbonyl (C=O) groups is 3. The Morgan fingerprint density at radius 3 is 1.26 bits per heavy atom. The highest BCUT2D eigenvalue weighted by Gasteiger charge is 2.19. The van der Waals surface area contributed by atoms with Crippen LogP contribution >= 0.6 is 0 Å². The standard InChI is InChI=1S/C37H64O6/c1-4-7-10-13-15-17-19-21-24-27-30-36(39)42-33-34(32-41-35(38)29-26-23-12-9-6-3)43-37(40)31-28-25-22-20-18-16-14-11-8-5-2/h12,21-25,34H,4-11,13-20,26-33H2,1-3H3/b23-12?,24-21-,25-22?. The van der Waals surface area contributed by atoms with Crippen LogP contribution in [0.4, 0.5) is 0 Å². The van der Waals surface area contributed by atoms with Crippen LogP contribution in [-0.4, -0.2) is 37.2 Å². The molecule has 0 N–H and O–H groups in total. The van der Waals surface area contributed by atoms with Gasteiger partial charge in [0.2, 0.25) is 0 Å². The molecule has 0 rings (SSSR count). The van der Waals surface area contributed by atoms with E-state index in [9.17, 15) is 14.4 Å². The van der Waals surface area contributed by atoms with Crippen LogP contribution in [0.5, 0.6) is 0 Å². The fourth-order valence-corrected chi connectivity index (χ4v) is 4.44. The van der Waals surface area contributed by atoms with Crippen LogP contribution < -0.4 is 0 Å². The van der Waals surface area contributed by atoms with Crippen molar-refractivity contribution in [2.45, 2.75) is 168 Å². The fourth-order valence-electron chi connectivity index (χ4n) is 4.44. The van der Waals surface area contributed by atoms with Gasteiger partial charge in [0.15, 0.2) is 6.10 Å². The van der Waals surface area contributed by atoms with Crippen LogP contribution in [0, 0.1) is 0 Å². The highest BCUT2D eigenvalue weighted by molar-refractivity contribution is 5.71. The second-order valence-corrected chi connectivity index (χ2v) is 11.4. The van der Waals surface area contributed by atoms with Crippen molar-refractivity contribution < 1.29 is 28.6 Å². The van der Waals surface area contributed by atoms with E-state index in [-0.39, 0.29) is 50.4 Å². The maximum absolute atomic E-state index is 12.5. The maximum atomic E-state index is 12.5. The zero-order chi connectivity index (χ0) is 31.6. The predicted octanol–water partition coefficient (Wildman–Crippen LogP) is 10.3. The molecule has 0 amide bonds. The van der Waals surface area contributed by atoms with Gasteiger partial charge in [0.05, 0.1) is 0 Å². The summed E-state index contributed by atoms with van der Waals surface area (Å²) in [4.78, 5) is 36.9. The van der Waals surface area contributed by atoms with Crippen molar-refractivity contribution in [1.82, 2.24) is 0 Å². The van der Waals surface area contributed by atoms with E-state index >= 15 is 0 Å². The molecule has 0 bridgehead atoms. The van der Waals surface area contributed by atoms with E-state index in [1.165, 1.54) is 77.0 Å². The summed E-state index contributed by atoms with van der Waals surface area (Å²) in [6.07, 6.45) is 33.4. The third kappa shape index (κ3) is 30.9. The van der Waals surface area contributed by atoms with Gasteiger partial charge in [-0.2, -0.15) is 0 Å². The lowest BCUT2D eigenvalue weighted by Crippen LogP contribution is -2.30. The van der Waals surface area contributed by atoms with E-state index in [2.05, 4.69) is 39.0 Å². The predicted molar refractivity (Wildman–Crippen MR) is 178 cm³/mol. The molecule has 1 unspecified atom stereocenters. The summed E-state index contributed by atoms with van der Waals surface area (Å²) >= 11 is 0. The minimum absolute atomic E-state index is 0.121. The molecule has 248 valence electrons. The van der Waals surface area contributed by atoms with E-state index in [0.29, 0.717) is 19.3 Å². The second-order valence-electron chi connectivity index (χ2n) is 11.4. The lowest BCUT2D eigenvalue weighted by molar-refractivity contribution is -0.166. The Kier molecular flexibility index (Phi) is 30.7. The lowest BCUT2D eigenvalue weighted by Gasteiger charge is -2.18. The molecule has 0 fully saturated rings. The first-order chi connectivity index (χ1) is 21.0. The van der Waals surface area contributed by atoms with Crippen LogP contribution in [0.25, 0.3) is 0 Å². The van der Waals surface area contributed by atoms with Crippen LogP contribution in [-0.2, 0) is 28.6 Å². The molecule has 6 heteroatoms. The molecule has 0 aromatic heterocycles. The molecular formula is C37H64O6. The highest BCUT2D eigenvalue weighted by Crippen LogP contribution is 2.10. The molecule has 0 saturated heterocycles. The molecule has 1 atom stereocenters. The Labute approximate surface area is 264 Å². The van der Waals surface area contributed by atoms with Gasteiger partial charge in [-0.3, -0.25) is 14.4 Å². The van der Waals surface area contributed by atoms with Gasteiger partial charge in [0, 0.05) is 19.3 Å². The maximum Gasteiger partial charge on any atom is 0.306 e. The van der Waals surface area contributed by atoms with Crippen LogP contribution in [0.15, 0.2) is 36.5 Å². The number of hydrogen-bond donors (Lipinski definition) is 0. The minimum atomic E-state index is -0.814. The van der Waals surface area contributed by atoms with E-state index in [1.54, 1.807) is 0 Å².